The second-order valence-electron chi connectivity index (χ2n) is 9.98. The minimum absolute atomic E-state index is 0.176. The average molecular weight is 519 g/mol. The lowest BCUT2D eigenvalue weighted by Gasteiger charge is -2.30. The van der Waals surface area contributed by atoms with E-state index < -0.39 is 12.6 Å². The number of carbonyl (C=O) groups is 1. The lowest BCUT2D eigenvalue weighted by atomic mass is 10.0. The number of halogens is 1. The third-order valence-electron chi connectivity index (χ3n) is 7.08. The van der Waals surface area contributed by atoms with Gasteiger partial charge < -0.3 is 19.4 Å². The molecule has 2 aromatic carbocycles. The van der Waals surface area contributed by atoms with Crippen LogP contribution in [0.3, 0.4) is 0 Å². The Balaban J connectivity index is 1.67. The minimum Gasteiger partial charge on any atom is -0.481 e. The van der Waals surface area contributed by atoms with Crippen molar-refractivity contribution >= 4 is 17.5 Å². The first-order valence-corrected chi connectivity index (χ1v) is 13.3. The fourth-order valence-corrected chi connectivity index (χ4v) is 5.24. The van der Waals surface area contributed by atoms with Gasteiger partial charge in [-0.1, -0.05) is 17.3 Å². The standard InChI is InChI=1S/C30H35FN4O3/c1-3-34(10-5-4-9-30(36)37)28-16-26-8-6-7-25(26)15-27(28)20-35(29-11-21(2)33-38-29)19-24-13-22(17-31)12-23(14-24)18-32/h11-16H,3-10,17,19-20H2,1-2H3,(H,36,37). The molecule has 1 aromatic heterocycles. The van der Waals surface area contributed by atoms with Crippen LogP contribution < -0.4 is 9.80 Å². The number of nitriles is 1. The lowest BCUT2D eigenvalue weighted by molar-refractivity contribution is -0.137. The molecule has 1 aliphatic rings. The number of fused-ring (bicyclic) bond motifs is 1. The zero-order chi connectivity index (χ0) is 27.1. The van der Waals surface area contributed by atoms with Crippen molar-refractivity contribution in [1.29, 1.82) is 5.26 Å². The van der Waals surface area contributed by atoms with Crippen LogP contribution >= 0.6 is 0 Å². The van der Waals surface area contributed by atoms with Crippen molar-refractivity contribution in [2.45, 2.75) is 72.1 Å². The summed E-state index contributed by atoms with van der Waals surface area (Å²) in [7, 11) is 0. The van der Waals surface area contributed by atoms with E-state index in [0.29, 0.717) is 36.5 Å². The van der Waals surface area contributed by atoms with E-state index in [9.17, 15) is 14.4 Å². The van der Waals surface area contributed by atoms with E-state index in [1.165, 1.54) is 11.1 Å². The molecule has 0 atom stereocenters. The summed E-state index contributed by atoms with van der Waals surface area (Å²) >= 11 is 0. The molecule has 7 nitrogen and oxygen atoms in total. The highest BCUT2D eigenvalue weighted by Crippen LogP contribution is 2.33. The maximum absolute atomic E-state index is 13.5. The van der Waals surface area contributed by atoms with Gasteiger partial charge in [-0.05, 0) is 92.0 Å². The predicted octanol–water partition coefficient (Wildman–Crippen LogP) is 6.10. The monoisotopic (exact) mass is 518 g/mol. The molecule has 200 valence electrons. The van der Waals surface area contributed by atoms with E-state index in [0.717, 1.165) is 61.3 Å². The Bertz CT molecular complexity index is 1310. The van der Waals surface area contributed by atoms with Crippen molar-refractivity contribution in [2.24, 2.45) is 0 Å². The van der Waals surface area contributed by atoms with E-state index in [-0.39, 0.29) is 6.42 Å². The molecule has 0 aliphatic heterocycles. The summed E-state index contributed by atoms with van der Waals surface area (Å²) in [5, 5.41) is 22.6. The Morgan fingerprint density at radius 2 is 1.84 bits per heavy atom. The van der Waals surface area contributed by atoms with Crippen LogP contribution in [0.1, 0.15) is 71.7 Å². The molecule has 0 radical (unpaired) electrons. The van der Waals surface area contributed by atoms with E-state index in [1.54, 1.807) is 18.2 Å². The largest absolute Gasteiger partial charge is 0.481 e. The van der Waals surface area contributed by atoms with Crippen LogP contribution in [0.15, 0.2) is 40.9 Å². The van der Waals surface area contributed by atoms with Crippen LogP contribution in [0.25, 0.3) is 0 Å². The lowest BCUT2D eigenvalue weighted by Crippen LogP contribution is -2.28. The molecule has 38 heavy (non-hydrogen) atoms. The summed E-state index contributed by atoms with van der Waals surface area (Å²) in [4.78, 5) is 15.4. The second kappa shape index (κ2) is 12.6. The van der Waals surface area contributed by atoms with Crippen molar-refractivity contribution in [3.05, 3.63) is 75.5 Å². The topological polar surface area (TPSA) is 93.6 Å². The van der Waals surface area contributed by atoms with Crippen molar-refractivity contribution in [3.63, 3.8) is 0 Å². The number of nitrogens with zero attached hydrogens (tertiary/aromatic N) is 4. The predicted molar refractivity (Wildman–Crippen MR) is 145 cm³/mol. The van der Waals surface area contributed by atoms with E-state index in [1.807, 2.05) is 13.0 Å². The molecule has 0 saturated carbocycles. The number of alkyl halides is 1. The zero-order valence-electron chi connectivity index (χ0n) is 22.2. The fourth-order valence-electron chi connectivity index (χ4n) is 5.24. The number of aryl methyl sites for hydroxylation is 3. The van der Waals surface area contributed by atoms with E-state index in [2.05, 4.69) is 40.1 Å². The van der Waals surface area contributed by atoms with Crippen LogP contribution in [-0.4, -0.2) is 29.3 Å². The van der Waals surface area contributed by atoms with Crippen molar-refractivity contribution < 1.29 is 18.8 Å². The molecule has 0 fully saturated rings. The molecule has 0 spiro atoms. The van der Waals surface area contributed by atoms with Crippen molar-refractivity contribution in [1.82, 2.24) is 5.16 Å². The fraction of sp³-hybridized carbons (Fsp3) is 0.433. The number of unbranched alkanes of at least 4 members (excludes halogenated alkanes) is 1. The van der Waals surface area contributed by atoms with Crippen LogP contribution in [0.4, 0.5) is 16.0 Å². The first kappa shape index (κ1) is 27.2. The molecule has 3 aromatic rings. The minimum atomic E-state index is -0.763. The summed E-state index contributed by atoms with van der Waals surface area (Å²) < 4.78 is 19.2. The summed E-state index contributed by atoms with van der Waals surface area (Å²) in [6.07, 6.45) is 4.88. The van der Waals surface area contributed by atoms with Gasteiger partial charge in [0.1, 0.15) is 6.67 Å². The number of aliphatic carboxylic acids is 1. The first-order valence-electron chi connectivity index (χ1n) is 13.3. The SMILES string of the molecule is CCN(CCCCC(=O)O)c1cc2c(cc1CN(Cc1cc(C#N)cc(CF)c1)c1cc(C)no1)CCC2. The molecule has 1 N–H and O–H groups in total. The number of aromatic nitrogens is 1. The second-order valence-corrected chi connectivity index (χ2v) is 9.98. The van der Waals surface area contributed by atoms with Gasteiger partial charge in [-0.25, -0.2) is 4.39 Å². The number of hydrogen-bond donors (Lipinski definition) is 1. The van der Waals surface area contributed by atoms with Crippen molar-refractivity contribution in [2.75, 3.05) is 22.9 Å². The van der Waals surface area contributed by atoms with Crippen LogP contribution in [0, 0.1) is 18.3 Å². The number of carboxylic acid groups (broad SMARTS) is 1. The van der Waals surface area contributed by atoms with Gasteiger partial charge in [0.25, 0.3) is 0 Å². The normalized spacial score (nSPS) is 12.3. The Morgan fingerprint density at radius 1 is 1.08 bits per heavy atom. The van der Waals surface area contributed by atoms with Gasteiger partial charge in [0.2, 0.25) is 5.88 Å². The van der Waals surface area contributed by atoms with E-state index >= 15 is 0 Å². The molecule has 0 amide bonds. The maximum Gasteiger partial charge on any atom is 0.303 e. The van der Waals surface area contributed by atoms with Gasteiger partial charge in [0.15, 0.2) is 0 Å². The van der Waals surface area contributed by atoms with Gasteiger partial charge in [-0.3, -0.25) is 4.79 Å². The van der Waals surface area contributed by atoms with E-state index in [4.69, 9.17) is 9.63 Å². The Hall–Kier alpha value is -3.86. The number of anilines is 2. The number of hydrogen-bond acceptors (Lipinski definition) is 6. The van der Waals surface area contributed by atoms with Gasteiger partial charge in [-0.15, -0.1) is 0 Å². The van der Waals surface area contributed by atoms with Crippen LogP contribution in [0.2, 0.25) is 0 Å². The average Bonchev–Trinajstić information content (AvgIpc) is 3.56. The van der Waals surface area contributed by atoms with Gasteiger partial charge in [0.05, 0.1) is 17.3 Å². The van der Waals surface area contributed by atoms with Gasteiger partial charge >= 0.3 is 5.97 Å². The van der Waals surface area contributed by atoms with Crippen molar-refractivity contribution in [3.8, 4) is 6.07 Å². The molecule has 4 rings (SSSR count). The number of carboxylic acids is 1. The third-order valence-corrected chi connectivity index (χ3v) is 7.08. The number of benzene rings is 2. The molecule has 0 unspecified atom stereocenters. The van der Waals surface area contributed by atoms with Crippen LogP contribution in [0.5, 0.6) is 0 Å². The summed E-state index contributed by atoms with van der Waals surface area (Å²) in [6, 6.07) is 13.8. The van der Waals surface area contributed by atoms with Crippen LogP contribution in [-0.2, 0) is 37.4 Å². The molecule has 0 saturated heterocycles. The Labute approximate surface area is 223 Å². The highest BCUT2D eigenvalue weighted by Gasteiger charge is 2.22. The molecular formula is C30H35FN4O3. The zero-order valence-corrected chi connectivity index (χ0v) is 22.2. The highest BCUT2D eigenvalue weighted by atomic mass is 19.1. The highest BCUT2D eigenvalue weighted by molar-refractivity contribution is 5.66. The smallest absolute Gasteiger partial charge is 0.303 e. The molecular weight excluding hydrogens is 483 g/mol. The molecule has 0 bridgehead atoms. The summed E-state index contributed by atoms with van der Waals surface area (Å²) in [5.74, 6) is -0.150. The summed E-state index contributed by atoms with van der Waals surface area (Å²) in [6.45, 7) is 5.93. The number of rotatable bonds is 13. The van der Waals surface area contributed by atoms with Gasteiger partial charge in [-0.2, -0.15) is 5.26 Å². The maximum atomic E-state index is 13.5. The van der Waals surface area contributed by atoms with Gasteiger partial charge in [0, 0.05) is 44.4 Å². The Kier molecular flexibility index (Phi) is 9.01. The Morgan fingerprint density at radius 3 is 2.50 bits per heavy atom. The summed E-state index contributed by atoms with van der Waals surface area (Å²) in [5.41, 5.74) is 7.55. The third kappa shape index (κ3) is 6.71. The molecule has 8 heteroatoms. The molecule has 1 aliphatic carbocycles. The first-order chi connectivity index (χ1) is 18.4. The molecule has 1 heterocycles. The quantitative estimate of drug-likeness (QED) is 0.273.